The van der Waals surface area contributed by atoms with E-state index in [0.29, 0.717) is 20.8 Å². The molecule has 0 spiro atoms. The van der Waals surface area contributed by atoms with Gasteiger partial charge in [-0.15, -0.1) is 22.7 Å². The Morgan fingerprint density at radius 3 is 2.96 bits per heavy atom. The zero-order valence-electron chi connectivity index (χ0n) is 12.5. The molecule has 1 amide bonds. The van der Waals surface area contributed by atoms with Crippen LogP contribution in [0.15, 0.2) is 48.5 Å². The van der Waals surface area contributed by atoms with E-state index in [1.165, 1.54) is 40.0 Å². The monoisotopic (exact) mass is 388 g/mol. The van der Waals surface area contributed by atoms with Gasteiger partial charge in [-0.3, -0.25) is 10.1 Å². The maximum atomic E-state index is 12.6. The zero-order chi connectivity index (χ0) is 17.2. The van der Waals surface area contributed by atoms with Crippen LogP contribution in [0.3, 0.4) is 0 Å². The number of halogens is 1. The molecule has 0 saturated carbocycles. The number of amides is 1. The number of rotatable bonds is 4. The number of pyridine rings is 1. The summed E-state index contributed by atoms with van der Waals surface area (Å²) < 4.78 is 2.14. The van der Waals surface area contributed by atoms with E-state index < -0.39 is 0 Å². The smallest absolute Gasteiger partial charge is 0.261 e. The molecule has 0 radical (unpaired) electrons. The molecular formula is C15H9ClN6OS2. The molecule has 124 valence electrons. The fourth-order valence-corrected chi connectivity index (χ4v) is 3.92. The van der Waals surface area contributed by atoms with Crippen molar-refractivity contribution in [3.05, 3.63) is 58.4 Å². The number of nitrogens with zero attached hydrogens (tertiary/aromatic N) is 5. The van der Waals surface area contributed by atoms with Crippen LogP contribution in [-0.2, 0) is 0 Å². The van der Waals surface area contributed by atoms with E-state index in [1.54, 1.807) is 18.3 Å². The fraction of sp³-hybridized carbons (Fsp3) is 0. The van der Waals surface area contributed by atoms with Gasteiger partial charge in [0.25, 0.3) is 5.91 Å². The number of carbonyl (C=O) groups excluding carboxylic acids is 1. The van der Waals surface area contributed by atoms with Crippen molar-refractivity contribution in [2.75, 3.05) is 5.32 Å². The van der Waals surface area contributed by atoms with Crippen LogP contribution >= 0.6 is 34.3 Å². The standard InChI is InChI=1S/C15H9ClN6OS2/c16-12-4-3-11(25-12)10-6-24-15(20-10)21-14(23)9-2-1-5-18-13(9)22-8-17-7-19-22/h1-8H,(H,20,21,23). The molecule has 7 nitrogen and oxygen atoms in total. The number of anilines is 1. The van der Waals surface area contributed by atoms with Gasteiger partial charge in [0.15, 0.2) is 10.9 Å². The Hall–Kier alpha value is -2.62. The number of hydrogen-bond donors (Lipinski definition) is 1. The van der Waals surface area contributed by atoms with Crippen LogP contribution < -0.4 is 5.32 Å². The van der Waals surface area contributed by atoms with Crippen molar-refractivity contribution in [2.24, 2.45) is 0 Å². The predicted molar refractivity (Wildman–Crippen MR) is 97.5 cm³/mol. The van der Waals surface area contributed by atoms with Crippen LogP contribution in [0.25, 0.3) is 16.4 Å². The first kappa shape index (κ1) is 15.9. The van der Waals surface area contributed by atoms with Crippen LogP contribution in [0.4, 0.5) is 5.13 Å². The first-order chi connectivity index (χ1) is 12.2. The van der Waals surface area contributed by atoms with Gasteiger partial charge < -0.3 is 0 Å². The molecule has 4 heterocycles. The Morgan fingerprint density at radius 2 is 2.20 bits per heavy atom. The first-order valence-electron chi connectivity index (χ1n) is 7.03. The van der Waals surface area contributed by atoms with Gasteiger partial charge in [0, 0.05) is 11.6 Å². The molecule has 0 aliphatic rings. The number of aromatic nitrogens is 5. The Kier molecular flexibility index (Phi) is 4.26. The van der Waals surface area contributed by atoms with E-state index in [4.69, 9.17) is 11.6 Å². The molecule has 25 heavy (non-hydrogen) atoms. The van der Waals surface area contributed by atoms with E-state index in [-0.39, 0.29) is 5.91 Å². The number of thiophene rings is 1. The van der Waals surface area contributed by atoms with Crippen LogP contribution in [0, 0.1) is 0 Å². The molecule has 4 rings (SSSR count). The van der Waals surface area contributed by atoms with E-state index in [9.17, 15) is 4.79 Å². The lowest BCUT2D eigenvalue weighted by Crippen LogP contribution is -2.16. The summed E-state index contributed by atoms with van der Waals surface area (Å²) in [5, 5.41) is 9.19. The Labute approximate surface area is 155 Å². The topological polar surface area (TPSA) is 85.6 Å². The van der Waals surface area contributed by atoms with Crippen LogP contribution in [0.2, 0.25) is 4.34 Å². The maximum Gasteiger partial charge on any atom is 0.261 e. The molecule has 4 aromatic heterocycles. The Bertz CT molecular complexity index is 1030. The van der Waals surface area contributed by atoms with E-state index in [2.05, 4.69) is 25.4 Å². The van der Waals surface area contributed by atoms with Crippen molar-refractivity contribution in [3.8, 4) is 16.4 Å². The largest absolute Gasteiger partial charge is 0.298 e. The van der Waals surface area contributed by atoms with Crippen molar-refractivity contribution in [1.29, 1.82) is 0 Å². The molecule has 0 aliphatic heterocycles. The van der Waals surface area contributed by atoms with Gasteiger partial charge in [-0.05, 0) is 24.3 Å². The second kappa shape index (κ2) is 6.71. The van der Waals surface area contributed by atoms with Crippen LogP contribution in [-0.4, -0.2) is 30.6 Å². The second-order valence-corrected chi connectivity index (χ2v) is 7.38. The lowest BCUT2D eigenvalue weighted by atomic mass is 10.2. The molecule has 0 atom stereocenters. The molecular weight excluding hydrogens is 380 g/mol. The minimum atomic E-state index is -0.316. The quantitative estimate of drug-likeness (QED) is 0.575. The van der Waals surface area contributed by atoms with E-state index in [0.717, 1.165) is 10.6 Å². The first-order valence-corrected chi connectivity index (χ1v) is 9.11. The average molecular weight is 389 g/mol. The van der Waals surface area contributed by atoms with Crippen molar-refractivity contribution in [3.63, 3.8) is 0 Å². The SMILES string of the molecule is O=C(Nc1nc(-c2ccc(Cl)s2)cs1)c1cccnc1-n1cncn1. The molecule has 0 fully saturated rings. The fourth-order valence-electron chi connectivity index (χ4n) is 2.14. The lowest BCUT2D eigenvalue weighted by Gasteiger charge is -2.06. The number of carbonyl (C=O) groups is 1. The molecule has 1 N–H and O–H groups in total. The summed E-state index contributed by atoms with van der Waals surface area (Å²) in [4.78, 5) is 26.1. The maximum absolute atomic E-state index is 12.6. The van der Waals surface area contributed by atoms with Crippen molar-refractivity contribution < 1.29 is 4.79 Å². The van der Waals surface area contributed by atoms with Crippen LogP contribution in [0.5, 0.6) is 0 Å². The summed E-state index contributed by atoms with van der Waals surface area (Å²) in [5.74, 6) is 0.0861. The third-order valence-corrected chi connectivity index (χ3v) is 5.23. The average Bonchev–Trinajstić information content (AvgIpc) is 3.36. The van der Waals surface area contributed by atoms with Crippen molar-refractivity contribution in [2.45, 2.75) is 0 Å². The molecule has 4 aromatic rings. The normalized spacial score (nSPS) is 10.8. The summed E-state index contributed by atoms with van der Waals surface area (Å²) in [6.45, 7) is 0. The number of hydrogen-bond acceptors (Lipinski definition) is 7. The summed E-state index contributed by atoms with van der Waals surface area (Å²) >= 11 is 8.74. The highest BCUT2D eigenvalue weighted by Gasteiger charge is 2.16. The van der Waals surface area contributed by atoms with Gasteiger partial charge in [0.1, 0.15) is 12.7 Å². The number of thiazole rings is 1. The van der Waals surface area contributed by atoms with E-state index in [1.807, 2.05) is 17.5 Å². The van der Waals surface area contributed by atoms with Gasteiger partial charge in [0.05, 0.1) is 20.5 Å². The van der Waals surface area contributed by atoms with Gasteiger partial charge in [-0.1, -0.05) is 11.6 Å². The summed E-state index contributed by atoms with van der Waals surface area (Å²) in [6.07, 6.45) is 4.46. The third kappa shape index (κ3) is 3.29. The highest BCUT2D eigenvalue weighted by molar-refractivity contribution is 7.20. The number of nitrogens with one attached hydrogen (secondary N) is 1. The van der Waals surface area contributed by atoms with Crippen LogP contribution in [0.1, 0.15) is 10.4 Å². The Balaban J connectivity index is 1.58. The van der Waals surface area contributed by atoms with Gasteiger partial charge in [-0.2, -0.15) is 5.10 Å². The minimum Gasteiger partial charge on any atom is -0.298 e. The lowest BCUT2D eigenvalue weighted by molar-refractivity contribution is 0.102. The second-order valence-electron chi connectivity index (χ2n) is 4.81. The summed E-state index contributed by atoms with van der Waals surface area (Å²) in [5.41, 5.74) is 1.16. The molecule has 0 aromatic carbocycles. The van der Waals surface area contributed by atoms with Gasteiger partial charge in [0.2, 0.25) is 0 Å². The Morgan fingerprint density at radius 1 is 1.28 bits per heavy atom. The van der Waals surface area contributed by atoms with Gasteiger partial charge >= 0.3 is 0 Å². The van der Waals surface area contributed by atoms with Crippen molar-refractivity contribution >= 4 is 45.3 Å². The minimum absolute atomic E-state index is 0.316. The predicted octanol–water partition coefficient (Wildman–Crippen LogP) is 3.75. The highest BCUT2D eigenvalue weighted by atomic mass is 35.5. The molecule has 0 bridgehead atoms. The third-order valence-electron chi connectivity index (χ3n) is 3.22. The highest BCUT2D eigenvalue weighted by Crippen LogP contribution is 2.33. The zero-order valence-corrected chi connectivity index (χ0v) is 14.8. The van der Waals surface area contributed by atoms with Crippen molar-refractivity contribution in [1.82, 2.24) is 24.7 Å². The van der Waals surface area contributed by atoms with E-state index >= 15 is 0 Å². The summed E-state index contributed by atoms with van der Waals surface area (Å²) in [6, 6.07) is 7.08. The van der Waals surface area contributed by atoms with Gasteiger partial charge in [-0.25, -0.2) is 19.6 Å². The molecule has 0 saturated heterocycles. The molecule has 0 aliphatic carbocycles. The summed E-state index contributed by atoms with van der Waals surface area (Å²) in [7, 11) is 0. The molecule has 0 unspecified atom stereocenters. The molecule has 10 heteroatoms.